The van der Waals surface area contributed by atoms with Gasteiger partial charge in [-0.2, -0.15) is 0 Å². The number of hydrogen-bond acceptors (Lipinski definition) is 3. The van der Waals surface area contributed by atoms with Crippen LogP contribution in [0.5, 0.6) is 5.75 Å². The topological polar surface area (TPSA) is 75.6 Å². The van der Waals surface area contributed by atoms with Crippen molar-refractivity contribution in [3.63, 3.8) is 0 Å². The van der Waals surface area contributed by atoms with Crippen LogP contribution in [0.2, 0.25) is 5.02 Å². The molecule has 1 fully saturated rings. The Morgan fingerprint density at radius 3 is 2.65 bits per heavy atom. The maximum absolute atomic E-state index is 12.1. The van der Waals surface area contributed by atoms with E-state index in [-0.39, 0.29) is 12.5 Å². The second-order valence-corrected chi connectivity index (χ2v) is 6.30. The van der Waals surface area contributed by atoms with Gasteiger partial charge in [0.1, 0.15) is 5.75 Å². The molecule has 2 N–H and O–H groups in total. The lowest BCUT2D eigenvalue weighted by Crippen LogP contribution is -2.34. The summed E-state index contributed by atoms with van der Waals surface area (Å²) >= 11 is 8.05. The van der Waals surface area contributed by atoms with Crippen molar-refractivity contribution >= 4 is 46.1 Å². The summed E-state index contributed by atoms with van der Waals surface area (Å²) in [4.78, 5) is 23.2. The predicted molar refractivity (Wildman–Crippen MR) is 82.4 cm³/mol. The number of carbonyl (C=O) groups excluding carboxylic acids is 1. The fourth-order valence-corrected chi connectivity index (χ4v) is 2.44. The molecule has 1 aromatic carbocycles. The first-order valence-electron chi connectivity index (χ1n) is 5.94. The average molecular weight is 410 g/mol. The van der Waals surface area contributed by atoms with Crippen LogP contribution in [0, 0.1) is 8.99 Å². The Bertz CT molecular complexity index is 572. The molecular formula is C13H13ClINO4. The van der Waals surface area contributed by atoms with Gasteiger partial charge in [-0.05, 0) is 47.6 Å². The van der Waals surface area contributed by atoms with Gasteiger partial charge in [0.15, 0.2) is 0 Å². The van der Waals surface area contributed by atoms with Crippen LogP contribution in [0.1, 0.15) is 23.2 Å². The van der Waals surface area contributed by atoms with Crippen LogP contribution in [-0.4, -0.2) is 30.6 Å². The molecule has 0 aliphatic heterocycles. The summed E-state index contributed by atoms with van der Waals surface area (Å²) in [5.41, 5.74) is -0.491. The summed E-state index contributed by atoms with van der Waals surface area (Å²) in [5, 5.41) is 12.2. The lowest BCUT2D eigenvalue weighted by Gasteiger charge is -2.13. The number of halogens is 2. The van der Waals surface area contributed by atoms with Gasteiger partial charge in [0.05, 0.1) is 23.1 Å². The van der Waals surface area contributed by atoms with Crippen molar-refractivity contribution in [3.8, 4) is 5.75 Å². The van der Waals surface area contributed by atoms with Crippen LogP contribution in [0.15, 0.2) is 12.1 Å². The lowest BCUT2D eigenvalue weighted by molar-refractivity contribution is -0.143. The molecule has 0 radical (unpaired) electrons. The standard InChI is InChI=1S/C13H13ClINO4/c1-20-10-5-9(15)8(14)4-7(10)11(17)16-6-13(2-3-13)12(18)19/h4-5H,2-3,6H2,1H3,(H,16,17)(H,18,19). The van der Waals surface area contributed by atoms with E-state index >= 15 is 0 Å². The van der Waals surface area contributed by atoms with Crippen molar-refractivity contribution in [2.24, 2.45) is 5.41 Å². The molecule has 0 aromatic heterocycles. The van der Waals surface area contributed by atoms with E-state index in [1.165, 1.54) is 13.2 Å². The average Bonchev–Trinajstić information content (AvgIpc) is 3.20. The maximum atomic E-state index is 12.1. The number of hydrogen-bond donors (Lipinski definition) is 2. The quantitative estimate of drug-likeness (QED) is 0.733. The van der Waals surface area contributed by atoms with Crippen molar-refractivity contribution in [1.82, 2.24) is 5.32 Å². The molecule has 20 heavy (non-hydrogen) atoms. The molecule has 1 aromatic rings. The Kier molecular flexibility index (Phi) is 4.43. The number of carboxylic acids is 1. The summed E-state index contributed by atoms with van der Waals surface area (Å²) in [6.07, 6.45) is 1.18. The molecule has 0 atom stereocenters. The summed E-state index contributed by atoms with van der Waals surface area (Å²) in [7, 11) is 1.47. The van der Waals surface area contributed by atoms with Gasteiger partial charge in [-0.25, -0.2) is 0 Å². The molecule has 0 heterocycles. The van der Waals surface area contributed by atoms with Crippen molar-refractivity contribution < 1.29 is 19.4 Å². The maximum Gasteiger partial charge on any atom is 0.311 e. The largest absolute Gasteiger partial charge is 0.496 e. The Labute approximate surface area is 134 Å². The van der Waals surface area contributed by atoms with Crippen LogP contribution in [-0.2, 0) is 4.79 Å². The molecule has 0 unspecified atom stereocenters. The van der Waals surface area contributed by atoms with Gasteiger partial charge >= 0.3 is 5.97 Å². The second-order valence-electron chi connectivity index (χ2n) is 4.73. The highest BCUT2D eigenvalue weighted by molar-refractivity contribution is 14.1. The number of carboxylic acid groups (broad SMARTS) is 1. The van der Waals surface area contributed by atoms with Crippen LogP contribution in [0.3, 0.4) is 0 Å². The third-order valence-electron chi connectivity index (χ3n) is 3.38. The van der Waals surface area contributed by atoms with Crippen molar-refractivity contribution in [3.05, 3.63) is 26.3 Å². The van der Waals surface area contributed by atoms with Crippen molar-refractivity contribution in [1.29, 1.82) is 0 Å². The highest BCUT2D eigenvalue weighted by Gasteiger charge is 2.50. The third-order valence-corrected chi connectivity index (χ3v) is 4.91. The first-order valence-corrected chi connectivity index (χ1v) is 7.40. The van der Waals surface area contributed by atoms with Crippen molar-refractivity contribution in [2.45, 2.75) is 12.8 Å². The van der Waals surface area contributed by atoms with Gasteiger partial charge in [-0.1, -0.05) is 11.6 Å². The van der Waals surface area contributed by atoms with Gasteiger partial charge in [0.25, 0.3) is 5.91 Å². The Hall–Kier alpha value is -1.02. The highest BCUT2D eigenvalue weighted by Crippen LogP contribution is 2.45. The predicted octanol–water partition coefficient (Wildman–Crippen LogP) is 2.55. The van der Waals surface area contributed by atoms with E-state index in [1.54, 1.807) is 6.07 Å². The van der Waals surface area contributed by atoms with Crippen LogP contribution in [0.25, 0.3) is 0 Å². The monoisotopic (exact) mass is 409 g/mol. The summed E-state index contributed by atoms with van der Waals surface area (Å²) < 4.78 is 5.94. The zero-order chi connectivity index (χ0) is 14.9. The smallest absolute Gasteiger partial charge is 0.311 e. The zero-order valence-electron chi connectivity index (χ0n) is 10.7. The highest BCUT2D eigenvalue weighted by atomic mass is 127. The molecule has 0 saturated heterocycles. The summed E-state index contributed by atoms with van der Waals surface area (Å²) in [6, 6.07) is 3.19. The van der Waals surface area contributed by atoms with Crippen LogP contribution >= 0.6 is 34.2 Å². The molecule has 5 nitrogen and oxygen atoms in total. The normalized spacial score (nSPS) is 15.6. The molecule has 7 heteroatoms. The van der Waals surface area contributed by atoms with E-state index in [0.717, 1.165) is 3.57 Å². The Morgan fingerprint density at radius 2 is 2.15 bits per heavy atom. The number of methoxy groups -OCH3 is 1. The number of rotatable bonds is 5. The van der Waals surface area contributed by atoms with Gasteiger partial charge in [0.2, 0.25) is 0 Å². The molecule has 108 valence electrons. The fraction of sp³-hybridized carbons (Fsp3) is 0.385. The molecule has 1 aliphatic carbocycles. The van der Waals surface area contributed by atoms with Gasteiger partial charge in [0, 0.05) is 10.1 Å². The molecule has 1 aliphatic rings. The summed E-state index contributed by atoms with van der Waals surface area (Å²) in [6.45, 7) is 0.119. The minimum Gasteiger partial charge on any atom is -0.496 e. The van der Waals surface area contributed by atoms with Crippen LogP contribution in [0.4, 0.5) is 0 Å². The van der Waals surface area contributed by atoms with Gasteiger partial charge < -0.3 is 15.2 Å². The lowest BCUT2D eigenvalue weighted by atomic mass is 10.1. The van der Waals surface area contributed by atoms with Crippen LogP contribution < -0.4 is 10.1 Å². The number of amides is 1. The van der Waals surface area contributed by atoms with E-state index in [1.807, 2.05) is 22.6 Å². The molecule has 1 saturated carbocycles. The molecular weight excluding hydrogens is 397 g/mol. The Morgan fingerprint density at radius 1 is 1.50 bits per heavy atom. The number of nitrogens with one attached hydrogen (secondary N) is 1. The van der Waals surface area contributed by atoms with E-state index in [9.17, 15) is 9.59 Å². The van der Waals surface area contributed by atoms with E-state index < -0.39 is 11.4 Å². The molecule has 0 spiro atoms. The minimum absolute atomic E-state index is 0.119. The molecule has 1 amide bonds. The Balaban J connectivity index is 2.13. The van der Waals surface area contributed by atoms with E-state index in [0.29, 0.717) is 29.2 Å². The third kappa shape index (κ3) is 3.01. The van der Waals surface area contributed by atoms with E-state index in [2.05, 4.69) is 5.32 Å². The first-order chi connectivity index (χ1) is 9.39. The van der Waals surface area contributed by atoms with Gasteiger partial charge in [-0.15, -0.1) is 0 Å². The second kappa shape index (κ2) is 5.77. The van der Waals surface area contributed by atoms with Gasteiger partial charge in [-0.3, -0.25) is 9.59 Å². The van der Waals surface area contributed by atoms with Crippen molar-refractivity contribution in [2.75, 3.05) is 13.7 Å². The SMILES string of the molecule is COc1cc(I)c(Cl)cc1C(=O)NCC1(C(=O)O)CC1. The zero-order valence-corrected chi connectivity index (χ0v) is 13.6. The first kappa shape index (κ1) is 15.4. The number of aliphatic carboxylic acids is 1. The minimum atomic E-state index is -0.870. The molecule has 2 rings (SSSR count). The molecule has 0 bridgehead atoms. The number of benzene rings is 1. The fourth-order valence-electron chi connectivity index (χ4n) is 1.84. The number of carbonyl (C=O) groups is 2. The number of ether oxygens (including phenoxy) is 1. The van der Waals surface area contributed by atoms with E-state index in [4.69, 9.17) is 21.4 Å². The summed E-state index contributed by atoms with van der Waals surface area (Å²) in [5.74, 6) is -0.838.